The Morgan fingerprint density at radius 3 is 2.26 bits per heavy atom. The lowest BCUT2D eigenvalue weighted by Gasteiger charge is -2.11. The van der Waals surface area contributed by atoms with E-state index >= 15 is 0 Å². The van der Waals surface area contributed by atoms with Gasteiger partial charge in [0.1, 0.15) is 17.2 Å². The lowest BCUT2D eigenvalue weighted by atomic mass is 10.2. The molecule has 3 aromatic rings. The van der Waals surface area contributed by atoms with Crippen molar-refractivity contribution in [3.8, 4) is 11.5 Å². The van der Waals surface area contributed by atoms with E-state index in [4.69, 9.17) is 4.74 Å². The van der Waals surface area contributed by atoms with Crippen molar-refractivity contribution in [1.82, 2.24) is 10.3 Å². The third-order valence-electron chi connectivity index (χ3n) is 4.11. The molecule has 3 rings (SSSR count). The number of rotatable bonds is 7. The molecule has 1 unspecified atom stereocenters. The average Bonchev–Trinajstić information content (AvgIpc) is 2.70. The van der Waals surface area contributed by atoms with Crippen molar-refractivity contribution in [1.29, 1.82) is 0 Å². The van der Waals surface area contributed by atoms with Crippen LogP contribution in [0.1, 0.15) is 30.8 Å². The lowest BCUT2D eigenvalue weighted by molar-refractivity contribution is 0.0934. The summed E-state index contributed by atoms with van der Waals surface area (Å²) in [4.78, 5) is 16.3. The lowest BCUT2D eigenvalue weighted by Crippen LogP contribution is -2.32. The van der Waals surface area contributed by atoms with Crippen molar-refractivity contribution in [2.24, 2.45) is 0 Å². The molecule has 2 aromatic carbocycles. The Hall–Kier alpha value is -3.34. The largest absolute Gasteiger partial charge is 0.457 e. The summed E-state index contributed by atoms with van der Waals surface area (Å²) in [7, 11) is 0. The van der Waals surface area contributed by atoms with Crippen LogP contribution in [0.4, 0.5) is 11.4 Å². The van der Waals surface area contributed by atoms with Gasteiger partial charge in [-0.25, -0.2) is 4.98 Å². The van der Waals surface area contributed by atoms with Crippen LogP contribution < -0.4 is 15.4 Å². The number of ether oxygens (including phenoxy) is 1. The van der Waals surface area contributed by atoms with Crippen LogP contribution in [0.5, 0.6) is 11.5 Å². The van der Waals surface area contributed by atoms with Crippen LogP contribution in [-0.4, -0.2) is 16.9 Å². The molecule has 0 radical (unpaired) electrons. The Morgan fingerprint density at radius 1 is 0.963 bits per heavy atom. The molecule has 1 heterocycles. The molecule has 0 saturated heterocycles. The van der Waals surface area contributed by atoms with Gasteiger partial charge in [0.05, 0.1) is 11.9 Å². The number of nitrogens with one attached hydrogen (secondary N) is 2. The second kappa shape index (κ2) is 8.85. The predicted molar refractivity (Wildman–Crippen MR) is 108 cm³/mol. The monoisotopic (exact) mass is 361 g/mol. The molecule has 5 nitrogen and oxygen atoms in total. The zero-order chi connectivity index (χ0) is 19.1. The van der Waals surface area contributed by atoms with Crippen LogP contribution in [0.3, 0.4) is 0 Å². The van der Waals surface area contributed by atoms with Gasteiger partial charge in [0.2, 0.25) is 0 Å². The number of para-hydroxylation sites is 1. The summed E-state index contributed by atoms with van der Waals surface area (Å²) in [5.41, 5.74) is 2.13. The van der Waals surface area contributed by atoms with Gasteiger partial charge in [-0.15, -0.1) is 0 Å². The van der Waals surface area contributed by atoms with E-state index in [-0.39, 0.29) is 11.9 Å². The van der Waals surface area contributed by atoms with E-state index < -0.39 is 0 Å². The minimum atomic E-state index is -0.154. The Labute approximate surface area is 159 Å². The second-order valence-corrected chi connectivity index (χ2v) is 6.28. The van der Waals surface area contributed by atoms with Crippen molar-refractivity contribution >= 4 is 17.3 Å². The number of anilines is 2. The Bertz CT molecular complexity index is 862. The predicted octanol–water partition coefficient (Wildman–Crippen LogP) is 5.15. The van der Waals surface area contributed by atoms with Crippen LogP contribution >= 0.6 is 0 Å². The first-order valence-corrected chi connectivity index (χ1v) is 9.01. The van der Waals surface area contributed by atoms with Crippen LogP contribution in [0.15, 0.2) is 72.9 Å². The van der Waals surface area contributed by atoms with Crippen LogP contribution in [-0.2, 0) is 0 Å². The summed E-state index contributed by atoms with van der Waals surface area (Å²) in [6.45, 7) is 4.00. The van der Waals surface area contributed by atoms with Crippen molar-refractivity contribution in [3.05, 3.63) is 78.6 Å². The quantitative estimate of drug-likeness (QED) is 0.611. The fourth-order valence-electron chi connectivity index (χ4n) is 2.40. The van der Waals surface area contributed by atoms with Gasteiger partial charge < -0.3 is 15.4 Å². The summed E-state index contributed by atoms with van der Waals surface area (Å²) >= 11 is 0. The van der Waals surface area contributed by atoms with Crippen LogP contribution in [0, 0.1) is 0 Å². The SMILES string of the molecule is CCC(C)NC(=O)c1ccc(Nc2ccc(Oc3ccccc3)cc2)cn1. The maximum Gasteiger partial charge on any atom is 0.270 e. The normalized spacial score (nSPS) is 11.5. The molecule has 1 atom stereocenters. The van der Waals surface area contributed by atoms with Crippen molar-refractivity contribution < 1.29 is 9.53 Å². The number of nitrogens with zero attached hydrogens (tertiary/aromatic N) is 1. The molecule has 138 valence electrons. The molecular weight excluding hydrogens is 338 g/mol. The van der Waals surface area contributed by atoms with Gasteiger partial charge in [-0.05, 0) is 61.9 Å². The van der Waals surface area contributed by atoms with Gasteiger partial charge in [-0.3, -0.25) is 4.79 Å². The smallest absolute Gasteiger partial charge is 0.270 e. The zero-order valence-corrected chi connectivity index (χ0v) is 15.5. The molecule has 1 aromatic heterocycles. The maximum atomic E-state index is 12.1. The number of benzene rings is 2. The first-order valence-electron chi connectivity index (χ1n) is 9.01. The number of pyridine rings is 1. The van der Waals surface area contributed by atoms with Gasteiger partial charge in [0.15, 0.2) is 0 Å². The zero-order valence-electron chi connectivity index (χ0n) is 15.5. The van der Waals surface area contributed by atoms with Crippen LogP contribution in [0.2, 0.25) is 0 Å². The maximum absolute atomic E-state index is 12.1. The van der Waals surface area contributed by atoms with E-state index in [2.05, 4.69) is 15.6 Å². The molecule has 0 fully saturated rings. The summed E-state index contributed by atoms with van der Waals surface area (Å²) < 4.78 is 5.78. The van der Waals surface area contributed by atoms with Gasteiger partial charge in [-0.2, -0.15) is 0 Å². The molecule has 0 aliphatic rings. The Kier molecular flexibility index (Phi) is 6.05. The Balaban J connectivity index is 1.59. The minimum Gasteiger partial charge on any atom is -0.457 e. The van der Waals surface area contributed by atoms with Crippen molar-refractivity contribution in [3.63, 3.8) is 0 Å². The van der Waals surface area contributed by atoms with Gasteiger partial charge in [-0.1, -0.05) is 25.1 Å². The molecule has 0 bridgehead atoms. The molecule has 0 saturated carbocycles. The van der Waals surface area contributed by atoms with E-state index in [0.717, 1.165) is 29.3 Å². The fourth-order valence-corrected chi connectivity index (χ4v) is 2.40. The molecule has 0 spiro atoms. The van der Waals surface area contributed by atoms with Crippen molar-refractivity contribution in [2.45, 2.75) is 26.3 Å². The summed E-state index contributed by atoms with van der Waals surface area (Å²) in [5.74, 6) is 1.41. The highest BCUT2D eigenvalue weighted by molar-refractivity contribution is 5.92. The fraction of sp³-hybridized carbons (Fsp3) is 0.182. The number of hydrogen-bond donors (Lipinski definition) is 2. The number of aromatic nitrogens is 1. The summed E-state index contributed by atoms with van der Waals surface area (Å²) in [6.07, 6.45) is 2.54. The molecule has 27 heavy (non-hydrogen) atoms. The van der Waals surface area contributed by atoms with E-state index in [1.165, 1.54) is 0 Å². The minimum absolute atomic E-state index is 0.133. The molecule has 0 aliphatic carbocycles. The highest BCUT2D eigenvalue weighted by atomic mass is 16.5. The third kappa shape index (κ3) is 5.31. The highest BCUT2D eigenvalue weighted by Gasteiger charge is 2.09. The van der Waals surface area contributed by atoms with Crippen molar-refractivity contribution in [2.75, 3.05) is 5.32 Å². The molecule has 0 aliphatic heterocycles. The van der Waals surface area contributed by atoms with E-state index in [1.807, 2.05) is 74.5 Å². The number of amides is 1. The van der Waals surface area contributed by atoms with E-state index in [0.29, 0.717) is 5.69 Å². The van der Waals surface area contributed by atoms with E-state index in [1.54, 1.807) is 12.3 Å². The molecule has 2 N–H and O–H groups in total. The summed E-state index contributed by atoms with van der Waals surface area (Å²) in [6, 6.07) is 21.0. The average molecular weight is 361 g/mol. The highest BCUT2D eigenvalue weighted by Crippen LogP contribution is 2.24. The number of carbonyl (C=O) groups excluding carboxylic acids is 1. The van der Waals surface area contributed by atoms with Crippen LogP contribution in [0.25, 0.3) is 0 Å². The first-order chi connectivity index (χ1) is 13.1. The summed E-state index contributed by atoms with van der Waals surface area (Å²) in [5, 5.41) is 6.17. The number of hydrogen-bond acceptors (Lipinski definition) is 4. The van der Waals surface area contributed by atoms with Gasteiger partial charge in [0.25, 0.3) is 5.91 Å². The second-order valence-electron chi connectivity index (χ2n) is 6.28. The van der Waals surface area contributed by atoms with Gasteiger partial charge >= 0.3 is 0 Å². The first kappa shape index (κ1) is 18.5. The topological polar surface area (TPSA) is 63.2 Å². The third-order valence-corrected chi connectivity index (χ3v) is 4.11. The standard InChI is InChI=1S/C22H23N3O2/c1-3-16(2)24-22(26)21-14-11-18(15-23-21)25-17-9-12-20(13-10-17)27-19-7-5-4-6-8-19/h4-16,25H,3H2,1-2H3,(H,24,26). The Morgan fingerprint density at radius 2 is 1.63 bits per heavy atom. The molecule has 5 heteroatoms. The van der Waals surface area contributed by atoms with E-state index in [9.17, 15) is 4.79 Å². The van der Waals surface area contributed by atoms with Gasteiger partial charge in [0, 0.05) is 11.7 Å². The molecular formula is C22H23N3O2. The number of carbonyl (C=O) groups is 1. The molecule has 1 amide bonds.